The minimum Gasteiger partial charge on any atom is -0.491 e. The quantitative estimate of drug-likeness (QED) is 0.712. The van der Waals surface area contributed by atoms with Gasteiger partial charge in [0.1, 0.15) is 12.4 Å². The van der Waals surface area contributed by atoms with Gasteiger partial charge < -0.3 is 9.84 Å². The van der Waals surface area contributed by atoms with Crippen LogP contribution in [0.2, 0.25) is 0 Å². The lowest BCUT2D eigenvalue weighted by Crippen LogP contribution is -2.01. The number of ether oxygens (including phenoxy) is 1. The summed E-state index contributed by atoms with van der Waals surface area (Å²) in [7, 11) is 0. The summed E-state index contributed by atoms with van der Waals surface area (Å²) in [6.07, 6.45) is 0. The number of aliphatic hydroxyl groups is 1. The van der Waals surface area contributed by atoms with Gasteiger partial charge in [0.25, 0.3) is 0 Å². The Morgan fingerprint density at radius 1 is 1.58 bits per heavy atom. The molecule has 0 aromatic heterocycles. The van der Waals surface area contributed by atoms with Crippen LogP contribution in [0.15, 0.2) is 18.2 Å². The Balaban J connectivity index is 2.68. The van der Waals surface area contributed by atoms with Crippen molar-refractivity contribution in [3.63, 3.8) is 0 Å². The fraction of sp³-hybridized carbons (Fsp3) is 0.222. The minimum absolute atomic E-state index is 0.0310. The van der Waals surface area contributed by atoms with Gasteiger partial charge in [-0.25, -0.2) is 0 Å². The number of nitriles is 1. The largest absolute Gasteiger partial charge is 0.491 e. The molecule has 0 heterocycles. The molecule has 1 radical (unpaired) electrons. The van der Waals surface area contributed by atoms with Crippen molar-refractivity contribution in [1.29, 1.82) is 5.26 Å². The molecule has 0 saturated carbocycles. The van der Waals surface area contributed by atoms with E-state index in [1.807, 2.05) is 6.07 Å². The molecule has 0 spiro atoms. The summed E-state index contributed by atoms with van der Waals surface area (Å²) in [5.41, 5.74) is 0.505. The summed E-state index contributed by atoms with van der Waals surface area (Å²) in [5.74, 6) is 0.558. The van der Waals surface area contributed by atoms with Crippen molar-refractivity contribution < 1.29 is 9.84 Å². The van der Waals surface area contributed by atoms with Gasteiger partial charge in [-0.2, -0.15) is 5.26 Å². The second-order valence-electron chi connectivity index (χ2n) is 2.14. The van der Waals surface area contributed by atoms with Gasteiger partial charge in [0.15, 0.2) is 0 Å². The Hall–Kier alpha value is -1.53. The molecule has 0 amide bonds. The van der Waals surface area contributed by atoms with Crippen molar-refractivity contribution in [3.8, 4) is 11.8 Å². The zero-order valence-corrected chi connectivity index (χ0v) is 6.45. The summed E-state index contributed by atoms with van der Waals surface area (Å²) in [5, 5.41) is 17.0. The third-order valence-electron chi connectivity index (χ3n) is 1.25. The predicted octanol–water partition coefficient (Wildman–Crippen LogP) is 0.730. The fourth-order valence-electron chi connectivity index (χ4n) is 0.762. The van der Waals surface area contributed by atoms with Gasteiger partial charge in [0.05, 0.1) is 18.2 Å². The second-order valence-corrected chi connectivity index (χ2v) is 2.14. The van der Waals surface area contributed by atoms with E-state index in [-0.39, 0.29) is 13.2 Å². The van der Waals surface area contributed by atoms with Crippen LogP contribution in [0, 0.1) is 17.4 Å². The van der Waals surface area contributed by atoms with Crippen LogP contribution < -0.4 is 4.74 Å². The molecule has 61 valence electrons. The van der Waals surface area contributed by atoms with Crippen LogP contribution in [0.5, 0.6) is 5.75 Å². The van der Waals surface area contributed by atoms with Gasteiger partial charge in [0.2, 0.25) is 0 Å². The maximum atomic E-state index is 8.51. The molecule has 0 unspecified atom stereocenters. The molecule has 0 saturated heterocycles. The van der Waals surface area contributed by atoms with Crippen LogP contribution >= 0.6 is 0 Å². The topological polar surface area (TPSA) is 53.2 Å². The number of hydrogen-bond acceptors (Lipinski definition) is 3. The molecule has 3 nitrogen and oxygen atoms in total. The van der Waals surface area contributed by atoms with Crippen molar-refractivity contribution in [1.82, 2.24) is 0 Å². The maximum absolute atomic E-state index is 8.51. The van der Waals surface area contributed by atoms with Crippen LogP contribution in [0.1, 0.15) is 5.56 Å². The van der Waals surface area contributed by atoms with Gasteiger partial charge in [-0.1, -0.05) is 0 Å². The highest BCUT2D eigenvalue weighted by Crippen LogP contribution is 2.11. The van der Waals surface area contributed by atoms with E-state index in [2.05, 4.69) is 6.07 Å². The number of hydrogen-bond donors (Lipinski definition) is 1. The maximum Gasteiger partial charge on any atom is 0.121 e. The van der Waals surface area contributed by atoms with Crippen LogP contribution in [-0.4, -0.2) is 18.3 Å². The van der Waals surface area contributed by atoms with Gasteiger partial charge >= 0.3 is 0 Å². The van der Waals surface area contributed by atoms with Gasteiger partial charge in [-0.05, 0) is 24.3 Å². The molecule has 1 rings (SSSR count). The lowest BCUT2D eigenvalue weighted by molar-refractivity contribution is 0.201. The summed E-state index contributed by atoms with van der Waals surface area (Å²) >= 11 is 0. The Labute approximate surface area is 70.8 Å². The number of benzene rings is 1. The van der Waals surface area contributed by atoms with E-state index >= 15 is 0 Å². The van der Waals surface area contributed by atoms with Gasteiger partial charge in [-0.15, -0.1) is 0 Å². The standard InChI is InChI=1S/C9H8NO2/c10-7-8-2-1-3-9(6-8)12-5-4-11/h2-3,6,11H,4-5H2. The number of aliphatic hydroxyl groups excluding tert-OH is 1. The SMILES string of the molecule is N#Cc1c[c]cc(OCCO)c1. The van der Waals surface area contributed by atoms with Gasteiger partial charge in [-0.3, -0.25) is 0 Å². The molecular formula is C9H8NO2. The molecule has 12 heavy (non-hydrogen) atoms. The van der Waals surface area contributed by atoms with Crippen molar-refractivity contribution in [3.05, 3.63) is 29.8 Å². The summed E-state index contributed by atoms with van der Waals surface area (Å²) in [4.78, 5) is 0. The molecule has 0 aliphatic rings. The van der Waals surface area contributed by atoms with E-state index < -0.39 is 0 Å². The second kappa shape index (κ2) is 4.37. The third-order valence-corrected chi connectivity index (χ3v) is 1.25. The molecule has 1 aromatic rings. The first kappa shape index (κ1) is 8.57. The van der Waals surface area contributed by atoms with E-state index in [9.17, 15) is 0 Å². The van der Waals surface area contributed by atoms with E-state index in [1.165, 1.54) is 0 Å². The summed E-state index contributed by atoms with van der Waals surface area (Å²) < 4.78 is 5.07. The average molecular weight is 162 g/mol. The zero-order chi connectivity index (χ0) is 8.81. The molecule has 1 aromatic carbocycles. The first-order chi connectivity index (χ1) is 5.86. The molecule has 3 heteroatoms. The lowest BCUT2D eigenvalue weighted by atomic mass is 10.2. The van der Waals surface area contributed by atoms with E-state index in [0.717, 1.165) is 0 Å². The van der Waals surface area contributed by atoms with E-state index in [0.29, 0.717) is 11.3 Å². The van der Waals surface area contributed by atoms with Crippen molar-refractivity contribution in [2.24, 2.45) is 0 Å². The average Bonchev–Trinajstić information content (AvgIpc) is 2.15. The summed E-state index contributed by atoms with van der Waals surface area (Å²) in [6.45, 7) is 0.208. The van der Waals surface area contributed by atoms with Crippen LogP contribution in [0.3, 0.4) is 0 Å². The smallest absolute Gasteiger partial charge is 0.121 e. The molecule has 0 atom stereocenters. The molecule has 1 N–H and O–H groups in total. The van der Waals surface area contributed by atoms with Crippen LogP contribution in [0.25, 0.3) is 0 Å². The summed E-state index contributed by atoms with van der Waals surface area (Å²) in [6, 6.07) is 9.53. The number of rotatable bonds is 3. The predicted molar refractivity (Wildman–Crippen MR) is 42.6 cm³/mol. The highest BCUT2D eigenvalue weighted by molar-refractivity contribution is 5.35. The number of nitrogens with zero attached hydrogens (tertiary/aromatic N) is 1. The fourth-order valence-corrected chi connectivity index (χ4v) is 0.762. The van der Waals surface area contributed by atoms with E-state index in [1.54, 1.807) is 18.2 Å². The normalized spacial score (nSPS) is 9.00. The Bertz CT molecular complexity index is 291. The Morgan fingerprint density at radius 3 is 3.08 bits per heavy atom. The van der Waals surface area contributed by atoms with Crippen molar-refractivity contribution >= 4 is 0 Å². The van der Waals surface area contributed by atoms with E-state index in [4.69, 9.17) is 15.1 Å². The first-order valence-corrected chi connectivity index (χ1v) is 3.51. The Kier molecular flexibility index (Phi) is 3.12. The highest BCUT2D eigenvalue weighted by Gasteiger charge is 1.94. The zero-order valence-electron chi connectivity index (χ0n) is 6.45. The van der Waals surface area contributed by atoms with Crippen molar-refractivity contribution in [2.75, 3.05) is 13.2 Å². The monoisotopic (exact) mass is 162 g/mol. The molecular weight excluding hydrogens is 154 g/mol. The molecule has 0 aliphatic heterocycles. The first-order valence-electron chi connectivity index (χ1n) is 3.51. The highest BCUT2D eigenvalue weighted by atomic mass is 16.5. The van der Waals surface area contributed by atoms with Crippen LogP contribution in [-0.2, 0) is 0 Å². The third kappa shape index (κ3) is 2.26. The Morgan fingerprint density at radius 2 is 2.42 bits per heavy atom. The van der Waals surface area contributed by atoms with Crippen molar-refractivity contribution in [2.45, 2.75) is 0 Å². The minimum atomic E-state index is -0.0310. The molecule has 0 bridgehead atoms. The van der Waals surface area contributed by atoms with Gasteiger partial charge in [0, 0.05) is 0 Å². The lowest BCUT2D eigenvalue weighted by Gasteiger charge is -2.02. The molecule has 0 fully saturated rings. The van der Waals surface area contributed by atoms with Crippen LogP contribution in [0.4, 0.5) is 0 Å². The molecule has 0 aliphatic carbocycles.